The van der Waals surface area contributed by atoms with E-state index in [1.54, 1.807) is 6.92 Å². The molecular formula is C32H18Cl2F3N3O6. The maximum atomic E-state index is 15.1. The monoisotopic (exact) mass is 667 g/mol. The molecule has 9 nitrogen and oxygen atoms in total. The summed E-state index contributed by atoms with van der Waals surface area (Å²) < 4.78 is 45.2. The van der Waals surface area contributed by atoms with E-state index in [1.807, 2.05) is 0 Å². The average Bonchev–Trinajstić information content (AvgIpc) is 3.39. The summed E-state index contributed by atoms with van der Waals surface area (Å²) in [6, 6.07) is 14.1. The number of nitro groups is 1. The van der Waals surface area contributed by atoms with E-state index >= 15 is 13.2 Å². The fraction of sp³-hybridized carbons (Fsp3) is 0.125. The van der Waals surface area contributed by atoms with Gasteiger partial charge in [-0.2, -0.15) is 13.2 Å². The summed E-state index contributed by atoms with van der Waals surface area (Å²) in [5.41, 5.74) is -5.15. The molecular weight excluding hydrogens is 650 g/mol. The van der Waals surface area contributed by atoms with Gasteiger partial charge in [-0.1, -0.05) is 41.4 Å². The van der Waals surface area contributed by atoms with Gasteiger partial charge in [0.25, 0.3) is 29.3 Å². The third kappa shape index (κ3) is 4.47. The minimum atomic E-state index is -5.01. The second-order valence-electron chi connectivity index (χ2n) is 10.9. The highest BCUT2D eigenvalue weighted by atomic mass is 35.5. The molecule has 6 rings (SSSR count). The molecule has 0 bridgehead atoms. The molecule has 14 heteroatoms. The van der Waals surface area contributed by atoms with Gasteiger partial charge < -0.3 is 0 Å². The van der Waals surface area contributed by atoms with Gasteiger partial charge in [-0.05, 0) is 79.1 Å². The molecule has 0 fully saturated rings. The first-order chi connectivity index (χ1) is 21.6. The Kier molecular flexibility index (Phi) is 7.06. The van der Waals surface area contributed by atoms with Crippen molar-refractivity contribution in [3.05, 3.63) is 132 Å². The molecule has 4 aromatic carbocycles. The molecule has 0 spiro atoms. The minimum absolute atomic E-state index is 0.00225. The number of anilines is 2. The Balaban J connectivity index is 1.44. The molecule has 0 saturated carbocycles. The summed E-state index contributed by atoms with van der Waals surface area (Å²) >= 11 is 12.1. The molecule has 1 unspecified atom stereocenters. The van der Waals surface area contributed by atoms with Crippen LogP contribution in [0.15, 0.2) is 72.8 Å². The highest BCUT2D eigenvalue weighted by molar-refractivity contribution is 6.41. The number of aryl methyl sites for hydroxylation is 1. The van der Waals surface area contributed by atoms with Crippen molar-refractivity contribution >= 4 is 63.9 Å². The number of benzene rings is 4. The van der Waals surface area contributed by atoms with Gasteiger partial charge in [-0.25, -0.2) is 9.80 Å². The molecule has 46 heavy (non-hydrogen) atoms. The number of carbonyl (C=O) groups excluding carboxylic acids is 4. The Labute approximate surface area is 267 Å². The van der Waals surface area contributed by atoms with Crippen molar-refractivity contribution in [3.63, 3.8) is 0 Å². The lowest BCUT2D eigenvalue weighted by molar-refractivity contribution is -0.384. The van der Waals surface area contributed by atoms with E-state index in [-0.39, 0.29) is 43.7 Å². The zero-order chi connectivity index (χ0) is 33.5. The SMILES string of the molecule is Cc1ccc(N2C(=O)c3ccc(C(C)(c4ccc5c(c4)C(=O)N(c4ccc(Cl)cc4Cl)C5=O)C(F)(F)F)cc3C2=O)c([N+](=O)[O-])c1. The summed E-state index contributed by atoms with van der Waals surface area (Å²) in [6.45, 7) is 2.42. The first-order valence-electron chi connectivity index (χ1n) is 13.4. The van der Waals surface area contributed by atoms with Gasteiger partial charge in [0, 0.05) is 11.1 Å². The standard InChI is InChI=1S/C32H18Cl2F3N3O6/c1-15-3-9-25(26(11-15)40(45)46)39-28(42)20-8-5-17(13-22(20)30(39)44)31(2,32(35,36)37)16-4-7-19-21(12-16)29(43)38(27(19)41)24-10-6-18(33)14-23(24)34/h3-14H,1-2H3. The van der Waals surface area contributed by atoms with Crippen LogP contribution in [0.4, 0.5) is 30.2 Å². The summed E-state index contributed by atoms with van der Waals surface area (Å²) in [4.78, 5) is 65.6. The lowest BCUT2D eigenvalue weighted by atomic mass is 9.74. The molecule has 2 heterocycles. The van der Waals surface area contributed by atoms with Gasteiger partial charge in [0.15, 0.2) is 0 Å². The minimum Gasteiger partial charge on any atom is -0.268 e. The van der Waals surface area contributed by atoms with Crippen molar-refractivity contribution in [1.29, 1.82) is 0 Å². The highest BCUT2D eigenvalue weighted by Gasteiger charge is 2.55. The largest absolute Gasteiger partial charge is 0.402 e. The Bertz CT molecular complexity index is 2080. The van der Waals surface area contributed by atoms with Crippen molar-refractivity contribution in [3.8, 4) is 0 Å². The van der Waals surface area contributed by atoms with Crippen LogP contribution in [-0.2, 0) is 5.41 Å². The summed E-state index contributed by atoms with van der Waals surface area (Å²) in [7, 11) is 0. The van der Waals surface area contributed by atoms with E-state index in [4.69, 9.17) is 23.2 Å². The van der Waals surface area contributed by atoms with E-state index < -0.39 is 57.0 Å². The van der Waals surface area contributed by atoms with Crippen molar-refractivity contribution in [1.82, 2.24) is 0 Å². The van der Waals surface area contributed by atoms with Crippen molar-refractivity contribution in [2.24, 2.45) is 0 Å². The number of amides is 4. The van der Waals surface area contributed by atoms with Crippen LogP contribution in [0.5, 0.6) is 0 Å². The highest BCUT2D eigenvalue weighted by Crippen LogP contribution is 2.48. The Morgan fingerprint density at radius 1 is 0.674 bits per heavy atom. The fourth-order valence-corrected chi connectivity index (χ4v) is 6.16. The molecule has 2 aliphatic heterocycles. The van der Waals surface area contributed by atoms with Gasteiger partial charge in [0.2, 0.25) is 0 Å². The van der Waals surface area contributed by atoms with Crippen LogP contribution in [0.25, 0.3) is 0 Å². The zero-order valence-electron chi connectivity index (χ0n) is 23.6. The van der Waals surface area contributed by atoms with Crippen LogP contribution < -0.4 is 9.80 Å². The maximum absolute atomic E-state index is 15.1. The Hall–Kier alpha value is -5.07. The third-order valence-corrected chi connectivity index (χ3v) is 8.75. The number of halogens is 5. The van der Waals surface area contributed by atoms with E-state index in [2.05, 4.69) is 0 Å². The first-order valence-corrected chi connectivity index (χ1v) is 14.1. The van der Waals surface area contributed by atoms with E-state index in [0.717, 1.165) is 48.2 Å². The maximum Gasteiger partial charge on any atom is 0.402 e. The lowest BCUT2D eigenvalue weighted by Crippen LogP contribution is -2.41. The summed E-state index contributed by atoms with van der Waals surface area (Å²) in [5.74, 6) is -3.67. The Morgan fingerprint density at radius 2 is 1.15 bits per heavy atom. The molecule has 1 atom stereocenters. The van der Waals surface area contributed by atoms with Gasteiger partial charge in [-0.15, -0.1) is 0 Å². The number of alkyl halides is 3. The van der Waals surface area contributed by atoms with Gasteiger partial charge >= 0.3 is 6.18 Å². The molecule has 0 N–H and O–H groups in total. The number of hydrogen-bond donors (Lipinski definition) is 0. The van der Waals surface area contributed by atoms with E-state index in [0.29, 0.717) is 10.5 Å². The number of nitro benzene ring substituents is 1. The predicted octanol–water partition coefficient (Wildman–Crippen LogP) is 7.68. The van der Waals surface area contributed by atoms with E-state index in [1.165, 1.54) is 36.4 Å². The van der Waals surface area contributed by atoms with Gasteiger partial charge in [0.05, 0.1) is 37.9 Å². The average molecular weight is 668 g/mol. The summed E-state index contributed by atoms with van der Waals surface area (Å²) in [5, 5.41) is 11.9. The third-order valence-electron chi connectivity index (χ3n) is 8.21. The van der Waals surface area contributed by atoms with Crippen LogP contribution in [-0.4, -0.2) is 34.7 Å². The van der Waals surface area contributed by atoms with Crippen LogP contribution >= 0.6 is 23.2 Å². The number of imide groups is 2. The quantitative estimate of drug-likeness (QED) is 0.122. The number of nitrogens with zero attached hydrogens (tertiary/aromatic N) is 3. The number of rotatable bonds is 5. The predicted molar refractivity (Wildman–Crippen MR) is 162 cm³/mol. The molecule has 0 saturated heterocycles. The van der Waals surface area contributed by atoms with Gasteiger partial charge in [-0.3, -0.25) is 29.3 Å². The van der Waals surface area contributed by atoms with Gasteiger partial charge in [0.1, 0.15) is 11.1 Å². The second-order valence-corrected chi connectivity index (χ2v) is 11.7. The Morgan fingerprint density at radius 3 is 1.63 bits per heavy atom. The normalized spacial score (nSPS) is 15.7. The number of hydrogen-bond acceptors (Lipinski definition) is 6. The van der Waals surface area contributed by atoms with Crippen LogP contribution in [0, 0.1) is 17.0 Å². The summed E-state index contributed by atoms with van der Waals surface area (Å²) in [6.07, 6.45) is -5.01. The molecule has 4 aromatic rings. The van der Waals surface area contributed by atoms with Crippen molar-refractivity contribution in [2.45, 2.75) is 25.4 Å². The zero-order valence-corrected chi connectivity index (χ0v) is 25.1. The molecule has 0 aromatic heterocycles. The first kappa shape index (κ1) is 30.9. The number of fused-ring (bicyclic) bond motifs is 2. The topological polar surface area (TPSA) is 118 Å². The molecule has 2 aliphatic rings. The smallest absolute Gasteiger partial charge is 0.268 e. The lowest BCUT2D eigenvalue weighted by Gasteiger charge is -2.33. The molecule has 0 aliphatic carbocycles. The van der Waals surface area contributed by atoms with Crippen molar-refractivity contribution in [2.75, 3.05) is 9.80 Å². The second kappa shape index (κ2) is 10.5. The molecule has 0 radical (unpaired) electrons. The van der Waals surface area contributed by atoms with E-state index in [9.17, 15) is 29.3 Å². The fourth-order valence-electron chi connectivity index (χ4n) is 5.67. The molecule has 232 valence electrons. The number of carbonyl (C=O) groups is 4. The van der Waals surface area contributed by atoms with Crippen molar-refractivity contribution < 1.29 is 37.3 Å². The van der Waals surface area contributed by atoms with Crippen LogP contribution in [0.3, 0.4) is 0 Å². The molecule has 4 amide bonds. The van der Waals surface area contributed by atoms with Crippen LogP contribution in [0.1, 0.15) is 65.0 Å². The van der Waals surface area contributed by atoms with Crippen LogP contribution in [0.2, 0.25) is 10.0 Å².